The Balaban J connectivity index is 1.78. The highest BCUT2D eigenvalue weighted by atomic mass is 16.6. The number of hydrogen-bond acceptors (Lipinski definition) is 6. The van der Waals surface area contributed by atoms with E-state index in [1.807, 2.05) is 38.1 Å². The maximum atomic E-state index is 12.8. The molecule has 1 N–H and O–H groups in total. The third-order valence-electron chi connectivity index (χ3n) is 5.90. The van der Waals surface area contributed by atoms with Gasteiger partial charge in [0, 0.05) is 29.7 Å². The molecule has 0 atom stereocenters. The molecular weight excluding hydrogens is 382 g/mol. The molecule has 0 spiro atoms. The number of piperidine rings is 1. The third kappa shape index (κ3) is 4.29. The smallest absolute Gasteiger partial charge is 0.311 e. The van der Waals surface area contributed by atoms with Crippen LogP contribution in [-0.2, 0) is 16.0 Å². The lowest BCUT2D eigenvalue weighted by molar-refractivity contribution is -0.137. The fraction of sp³-hybridized carbons (Fsp3) is 0.500. The summed E-state index contributed by atoms with van der Waals surface area (Å²) in [5, 5.41) is 4.87. The molecule has 2 aromatic rings. The molecule has 2 aliphatic rings. The van der Waals surface area contributed by atoms with Crippen LogP contribution in [0.5, 0.6) is 17.2 Å². The van der Waals surface area contributed by atoms with Gasteiger partial charge in [-0.1, -0.05) is 24.3 Å². The van der Waals surface area contributed by atoms with Gasteiger partial charge in [0.05, 0.1) is 0 Å². The molecule has 2 aliphatic heterocycles. The molecule has 0 unspecified atom stereocenters. The summed E-state index contributed by atoms with van der Waals surface area (Å²) in [5.41, 5.74) is 0.470. The molecule has 0 radical (unpaired) electrons. The summed E-state index contributed by atoms with van der Waals surface area (Å²) in [7, 11) is 0. The number of esters is 2. The van der Waals surface area contributed by atoms with Crippen molar-refractivity contribution in [2.24, 2.45) is 5.92 Å². The van der Waals surface area contributed by atoms with Crippen LogP contribution in [0.2, 0.25) is 0 Å². The van der Waals surface area contributed by atoms with Gasteiger partial charge in [0.25, 0.3) is 0 Å². The zero-order valence-electron chi connectivity index (χ0n) is 17.9. The quantitative estimate of drug-likeness (QED) is 0.601. The van der Waals surface area contributed by atoms with Crippen LogP contribution in [0.4, 0.5) is 0 Å². The van der Waals surface area contributed by atoms with Crippen molar-refractivity contribution in [1.29, 1.82) is 0 Å². The maximum absolute atomic E-state index is 12.8. The van der Waals surface area contributed by atoms with E-state index < -0.39 is 5.97 Å². The minimum Gasteiger partial charge on any atom is -0.487 e. The second kappa shape index (κ2) is 8.26. The topological polar surface area (TPSA) is 73.9 Å². The lowest BCUT2D eigenvalue weighted by Gasteiger charge is -2.34. The van der Waals surface area contributed by atoms with Crippen LogP contribution < -0.4 is 19.5 Å². The Hall–Kier alpha value is -2.60. The molecule has 2 heterocycles. The van der Waals surface area contributed by atoms with Crippen LogP contribution in [0.1, 0.15) is 52.0 Å². The molecule has 6 heteroatoms. The second-order valence-electron chi connectivity index (χ2n) is 8.84. The molecule has 4 rings (SSSR count). The molecule has 0 aromatic heterocycles. The number of fused-ring (bicyclic) bond motifs is 3. The minimum atomic E-state index is -0.451. The summed E-state index contributed by atoms with van der Waals surface area (Å²) in [5.74, 6) is 0.905. The predicted octanol–water partition coefficient (Wildman–Crippen LogP) is 4.16. The summed E-state index contributed by atoms with van der Waals surface area (Å²) in [6.45, 7) is 7.30. The Morgan fingerprint density at radius 1 is 1.10 bits per heavy atom. The highest BCUT2D eigenvalue weighted by Crippen LogP contribution is 2.50. The first kappa shape index (κ1) is 20.7. The first-order valence-corrected chi connectivity index (χ1v) is 10.7. The number of ether oxygens (including phenoxy) is 3. The molecule has 1 saturated heterocycles. The van der Waals surface area contributed by atoms with Crippen LogP contribution in [0.3, 0.4) is 0 Å². The van der Waals surface area contributed by atoms with Crippen molar-refractivity contribution in [3.8, 4) is 17.2 Å². The van der Waals surface area contributed by atoms with Gasteiger partial charge in [-0.25, -0.2) is 0 Å². The van der Waals surface area contributed by atoms with Crippen LogP contribution >= 0.6 is 0 Å². The Kier molecular flexibility index (Phi) is 5.69. The third-order valence-corrected chi connectivity index (χ3v) is 5.90. The molecule has 1 fully saturated rings. The molecule has 2 aromatic carbocycles. The first-order valence-electron chi connectivity index (χ1n) is 10.7. The van der Waals surface area contributed by atoms with E-state index >= 15 is 0 Å². The molecule has 160 valence electrons. The average molecular weight is 411 g/mol. The Morgan fingerprint density at radius 2 is 1.80 bits per heavy atom. The number of carbonyl (C=O) groups is 2. The Bertz CT molecular complexity index is 975. The van der Waals surface area contributed by atoms with E-state index in [4.69, 9.17) is 14.2 Å². The van der Waals surface area contributed by atoms with E-state index in [0.29, 0.717) is 41.4 Å². The van der Waals surface area contributed by atoms with Gasteiger partial charge in [0.1, 0.15) is 11.4 Å². The van der Waals surface area contributed by atoms with Crippen LogP contribution in [0.15, 0.2) is 24.3 Å². The zero-order chi connectivity index (χ0) is 21.3. The molecule has 30 heavy (non-hydrogen) atoms. The predicted molar refractivity (Wildman–Crippen MR) is 114 cm³/mol. The van der Waals surface area contributed by atoms with Gasteiger partial charge < -0.3 is 19.5 Å². The van der Waals surface area contributed by atoms with E-state index in [9.17, 15) is 9.59 Å². The first-order chi connectivity index (χ1) is 14.3. The van der Waals surface area contributed by atoms with Gasteiger partial charge in [-0.15, -0.1) is 0 Å². The van der Waals surface area contributed by atoms with Gasteiger partial charge >= 0.3 is 11.9 Å². The molecule has 0 bridgehead atoms. The minimum absolute atomic E-state index is 0.294. The van der Waals surface area contributed by atoms with Crippen molar-refractivity contribution in [2.75, 3.05) is 13.1 Å². The van der Waals surface area contributed by atoms with Gasteiger partial charge in [-0.3, -0.25) is 9.59 Å². The van der Waals surface area contributed by atoms with Crippen molar-refractivity contribution in [3.05, 3.63) is 29.8 Å². The SMILES string of the molecule is CC(=O)Oc1c(OC(=O)CC2CCNCC2)c2c(c3ccccc13)OC(C)(C)CC2. The van der Waals surface area contributed by atoms with Gasteiger partial charge in [0.2, 0.25) is 0 Å². The largest absolute Gasteiger partial charge is 0.487 e. The fourth-order valence-corrected chi connectivity index (χ4v) is 4.33. The number of nitrogens with one attached hydrogen (secondary N) is 1. The summed E-state index contributed by atoms with van der Waals surface area (Å²) < 4.78 is 17.8. The van der Waals surface area contributed by atoms with E-state index in [1.54, 1.807) is 0 Å². The average Bonchev–Trinajstić information content (AvgIpc) is 2.70. The fourth-order valence-electron chi connectivity index (χ4n) is 4.33. The standard InChI is InChI=1S/C24H29NO5/c1-15(26)28-22-18-7-5-4-6-17(18)21-19(8-11-24(2,3)30-21)23(22)29-20(27)14-16-9-12-25-13-10-16/h4-7,16,25H,8-14H2,1-3H3. The highest BCUT2D eigenvalue weighted by molar-refractivity contribution is 5.99. The van der Waals surface area contributed by atoms with E-state index in [1.165, 1.54) is 6.92 Å². The lowest BCUT2D eigenvalue weighted by Crippen LogP contribution is -2.33. The van der Waals surface area contributed by atoms with Crippen LogP contribution in [-0.4, -0.2) is 30.6 Å². The van der Waals surface area contributed by atoms with Crippen LogP contribution in [0, 0.1) is 5.92 Å². The van der Waals surface area contributed by atoms with Gasteiger partial charge in [0.15, 0.2) is 11.5 Å². The van der Waals surface area contributed by atoms with Gasteiger partial charge in [-0.05, 0) is 58.5 Å². The number of hydrogen-bond donors (Lipinski definition) is 1. The highest BCUT2D eigenvalue weighted by Gasteiger charge is 2.34. The summed E-state index contributed by atoms with van der Waals surface area (Å²) in [6, 6.07) is 7.61. The van der Waals surface area contributed by atoms with Crippen LogP contribution in [0.25, 0.3) is 10.8 Å². The lowest BCUT2D eigenvalue weighted by atomic mass is 9.90. The van der Waals surface area contributed by atoms with Crippen molar-refractivity contribution >= 4 is 22.7 Å². The van der Waals surface area contributed by atoms with E-state index in [-0.39, 0.29) is 11.6 Å². The molecule has 0 amide bonds. The molecule has 6 nitrogen and oxygen atoms in total. The summed E-state index contributed by atoms with van der Waals surface area (Å²) in [6.07, 6.45) is 3.72. The monoisotopic (exact) mass is 411 g/mol. The van der Waals surface area contributed by atoms with Crippen molar-refractivity contribution < 1.29 is 23.8 Å². The second-order valence-corrected chi connectivity index (χ2v) is 8.84. The van der Waals surface area contributed by atoms with Crippen molar-refractivity contribution in [3.63, 3.8) is 0 Å². The molecular formula is C24H29NO5. The van der Waals surface area contributed by atoms with E-state index in [2.05, 4.69) is 5.32 Å². The Morgan fingerprint density at radius 3 is 2.50 bits per heavy atom. The number of rotatable bonds is 4. The number of benzene rings is 2. The summed E-state index contributed by atoms with van der Waals surface area (Å²) >= 11 is 0. The van der Waals surface area contributed by atoms with Gasteiger partial charge in [-0.2, -0.15) is 0 Å². The molecule has 0 saturated carbocycles. The number of carbonyl (C=O) groups excluding carboxylic acids is 2. The van der Waals surface area contributed by atoms with E-state index in [0.717, 1.165) is 43.3 Å². The van der Waals surface area contributed by atoms with Crippen molar-refractivity contribution in [2.45, 2.75) is 58.5 Å². The molecule has 0 aliphatic carbocycles. The zero-order valence-corrected chi connectivity index (χ0v) is 17.9. The summed E-state index contributed by atoms with van der Waals surface area (Å²) in [4.78, 5) is 24.7. The maximum Gasteiger partial charge on any atom is 0.311 e. The Labute approximate surface area is 176 Å². The normalized spacial score (nSPS) is 18.4. The van der Waals surface area contributed by atoms with Crippen molar-refractivity contribution in [1.82, 2.24) is 5.32 Å².